The monoisotopic (exact) mass is 253 g/mol. The van der Waals surface area contributed by atoms with Crippen LogP contribution in [0.4, 0.5) is 0 Å². The van der Waals surface area contributed by atoms with Crippen LogP contribution in [0.15, 0.2) is 0 Å². The van der Waals surface area contributed by atoms with E-state index in [4.69, 9.17) is 0 Å². The lowest BCUT2D eigenvalue weighted by Crippen LogP contribution is -2.54. The molecular weight excluding hydrogens is 226 g/mol. The topological polar surface area (TPSA) is 12.0 Å². The number of hydrogen-bond acceptors (Lipinski definition) is 2. The van der Waals surface area contributed by atoms with Gasteiger partial charge in [-0.05, 0) is 87.2 Å². The van der Waals surface area contributed by atoms with Gasteiger partial charge >= 0.3 is 0 Å². The Hall–Kier alpha value is 0.310. The van der Waals surface area contributed by atoms with Crippen molar-refractivity contribution in [1.29, 1.82) is 0 Å². The highest BCUT2D eigenvalue weighted by atomic mass is 32.2. The van der Waals surface area contributed by atoms with Crippen molar-refractivity contribution in [3.8, 4) is 0 Å². The van der Waals surface area contributed by atoms with E-state index in [2.05, 4.69) is 11.6 Å². The van der Waals surface area contributed by atoms with Gasteiger partial charge in [0.05, 0.1) is 0 Å². The van der Waals surface area contributed by atoms with E-state index in [1.54, 1.807) is 32.1 Å². The van der Waals surface area contributed by atoms with E-state index in [1.165, 1.54) is 25.1 Å². The second kappa shape index (κ2) is 5.52. The van der Waals surface area contributed by atoms with Crippen LogP contribution in [0, 0.1) is 23.7 Å². The molecule has 0 aliphatic heterocycles. The predicted molar refractivity (Wildman–Crippen MR) is 76.5 cm³/mol. The van der Waals surface area contributed by atoms with Crippen molar-refractivity contribution in [2.45, 2.75) is 51.0 Å². The molecule has 0 aromatic heterocycles. The quantitative estimate of drug-likeness (QED) is 0.727. The van der Waals surface area contributed by atoms with Crippen LogP contribution in [0.2, 0.25) is 0 Å². The molecule has 0 saturated heterocycles. The zero-order valence-corrected chi connectivity index (χ0v) is 12.0. The van der Waals surface area contributed by atoms with Crippen LogP contribution in [0.5, 0.6) is 0 Å². The van der Waals surface area contributed by atoms with Gasteiger partial charge in [0, 0.05) is 6.04 Å². The molecule has 0 aromatic rings. The Balaban J connectivity index is 1.44. The first kappa shape index (κ1) is 12.3. The molecule has 98 valence electrons. The molecule has 4 saturated carbocycles. The zero-order valence-electron chi connectivity index (χ0n) is 11.2. The van der Waals surface area contributed by atoms with E-state index in [0.29, 0.717) is 0 Å². The molecule has 4 rings (SSSR count). The lowest BCUT2D eigenvalue weighted by molar-refractivity contribution is -0.0135. The fraction of sp³-hybridized carbons (Fsp3) is 1.00. The maximum Gasteiger partial charge on any atom is 0.0124 e. The van der Waals surface area contributed by atoms with Gasteiger partial charge in [-0.3, -0.25) is 0 Å². The van der Waals surface area contributed by atoms with Crippen LogP contribution in [0.3, 0.4) is 0 Å². The highest BCUT2D eigenvalue weighted by molar-refractivity contribution is 7.98. The van der Waals surface area contributed by atoms with Crippen LogP contribution < -0.4 is 5.32 Å². The van der Waals surface area contributed by atoms with Gasteiger partial charge in [0.1, 0.15) is 0 Å². The van der Waals surface area contributed by atoms with Crippen LogP contribution in [-0.2, 0) is 0 Å². The average molecular weight is 253 g/mol. The Morgan fingerprint density at radius 3 is 2.18 bits per heavy atom. The van der Waals surface area contributed by atoms with Crippen LogP contribution in [0.1, 0.15) is 44.9 Å². The number of rotatable bonds is 6. The molecule has 0 spiro atoms. The number of unbranched alkanes of at least 4 members (excludes halogenated alkanes) is 1. The zero-order chi connectivity index (χ0) is 11.7. The third kappa shape index (κ3) is 2.68. The fourth-order valence-electron chi connectivity index (χ4n) is 4.90. The molecular formula is C15H27NS. The predicted octanol–water partition coefficient (Wildman–Crippen LogP) is 3.54. The molecule has 4 fully saturated rings. The van der Waals surface area contributed by atoms with Gasteiger partial charge in [-0.1, -0.05) is 0 Å². The summed E-state index contributed by atoms with van der Waals surface area (Å²) in [5.74, 6) is 5.67. The molecule has 0 heterocycles. The Kier molecular flexibility index (Phi) is 4.01. The van der Waals surface area contributed by atoms with E-state index >= 15 is 0 Å². The lowest BCUT2D eigenvalue weighted by Gasteiger charge is -2.54. The summed E-state index contributed by atoms with van der Waals surface area (Å²) in [7, 11) is 0. The van der Waals surface area contributed by atoms with Crippen molar-refractivity contribution in [3.05, 3.63) is 0 Å². The lowest BCUT2D eigenvalue weighted by atomic mass is 9.54. The normalized spacial score (nSPS) is 43.2. The Labute approximate surface area is 111 Å². The summed E-state index contributed by atoms with van der Waals surface area (Å²) in [6, 6.07) is 0.900. The van der Waals surface area contributed by atoms with Gasteiger partial charge in [0.2, 0.25) is 0 Å². The van der Waals surface area contributed by atoms with E-state index in [1.807, 2.05) is 11.8 Å². The minimum absolute atomic E-state index is 0.900. The molecule has 2 heteroatoms. The van der Waals surface area contributed by atoms with Crippen molar-refractivity contribution in [3.63, 3.8) is 0 Å². The molecule has 4 bridgehead atoms. The largest absolute Gasteiger partial charge is 0.313 e. The summed E-state index contributed by atoms with van der Waals surface area (Å²) < 4.78 is 0. The maximum atomic E-state index is 3.91. The molecule has 0 unspecified atom stereocenters. The molecule has 0 amide bonds. The fourth-order valence-corrected chi connectivity index (χ4v) is 5.39. The average Bonchev–Trinajstić information content (AvgIpc) is 2.31. The van der Waals surface area contributed by atoms with E-state index in [9.17, 15) is 0 Å². The van der Waals surface area contributed by atoms with Crippen LogP contribution in [0.25, 0.3) is 0 Å². The summed E-state index contributed by atoms with van der Waals surface area (Å²) in [6.07, 6.45) is 12.8. The summed E-state index contributed by atoms with van der Waals surface area (Å²) in [6.45, 7) is 1.27. The van der Waals surface area contributed by atoms with Crippen molar-refractivity contribution >= 4 is 11.8 Å². The smallest absolute Gasteiger partial charge is 0.0124 e. The van der Waals surface area contributed by atoms with Gasteiger partial charge in [-0.15, -0.1) is 0 Å². The van der Waals surface area contributed by atoms with Gasteiger partial charge in [0.25, 0.3) is 0 Å². The molecule has 0 atom stereocenters. The van der Waals surface area contributed by atoms with E-state index in [-0.39, 0.29) is 0 Å². The first-order valence-electron chi connectivity index (χ1n) is 7.59. The standard InChI is InChI=1S/C15H27NS/c1-17-5-3-2-4-16-15-13-7-11-6-12(9-13)10-14(15)8-11/h11-16H,2-10H2,1H3. The molecule has 1 nitrogen and oxygen atoms in total. The second-order valence-electron chi connectivity index (χ2n) is 6.61. The highest BCUT2D eigenvalue weighted by Crippen LogP contribution is 2.53. The number of hydrogen-bond donors (Lipinski definition) is 1. The summed E-state index contributed by atoms with van der Waals surface area (Å²) in [4.78, 5) is 0. The maximum absolute atomic E-state index is 3.91. The number of thioether (sulfide) groups is 1. The number of nitrogens with one attached hydrogen (secondary N) is 1. The first-order valence-corrected chi connectivity index (χ1v) is 8.98. The summed E-state index contributed by atoms with van der Waals surface area (Å²) in [5.41, 5.74) is 0. The molecule has 0 aromatic carbocycles. The molecule has 0 radical (unpaired) electrons. The van der Waals surface area contributed by atoms with Crippen molar-refractivity contribution in [1.82, 2.24) is 5.32 Å². The minimum atomic E-state index is 0.900. The van der Waals surface area contributed by atoms with Gasteiger partial charge in [0.15, 0.2) is 0 Å². The Morgan fingerprint density at radius 2 is 1.59 bits per heavy atom. The molecule has 1 N–H and O–H groups in total. The third-order valence-corrected chi connectivity index (χ3v) is 6.08. The van der Waals surface area contributed by atoms with Crippen molar-refractivity contribution in [2.75, 3.05) is 18.6 Å². The summed E-state index contributed by atoms with van der Waals surface area (Å²) >= 11 is 1.98. The van der Waals surface area contributed by atoms with E-state index in [0.717, 1.165) is 29.7 Å². The van der Waals surface area contributed by atoms with Crippen molar-refractivity contribution < 1.29 is 0 Å². The third-order valence-electron chi connectivity index (χ3n) is 5.38. The Morgan fingerprint density at radius 1 is 0.941 bits per heavy atom. The first-order chi connectivity index (χ1) is 8.36. The van der Waals surface area contributed by atoms with Gasteiger partial charge in [-0.25, -0.2) is 0 Å². The SMILES string of the molecule is CSCCCCNC1C2CC3CC(C2)CC1C3. The highest BCUT2D eigenvalue weighted by Gasteiger charge is 2.47. The Bertz CT molecular complexity index is 225. The molecule has 4 aliphatic rings. The molecule has 4 aliphatic carbocycles. The molecule has 17 heavy (non-hydrogen) atoms. The minimum Gasteiger partial charge on any atom is -0.313 e. The van der Waals surface area contributed by atoms with Crippen molar-refractivity contribution in [2.24, 2.45) is 23.7 Å². The summed E-state index contributed by atoms with van der Waals surface area (Å²) in [5, 5.41) is 3.91. The van der Waals surface area contributed by atoms with Crippen LogP contribution >= 0.6 is 11.8 Å². The second-order valence-corrected chi connectivity index (χ2v) is 7.60. The van der Waals surface area contributed by atoms with Gasteiger partial charge in [-0.2, -0.15) is 11.8 Å². The van der Waals surface area contributed by atoms with E-state index < -0.39 is 0 Å². The van der Waals surface area contributed by atoms with Crippen LogP contribution in [-0.4, -0.2) is 24.6 Å². The van der Waals surface area contributed by atoms with Gasteiger partial charge < -0.3 is 5.32 Å².